The first-order valence-corrected chi connectivity index (χ1v) is 12.0. The number of amides is 1. The molecule has 0 bridgehead atoms. The van der Waals surface area contributed by atoms with Crippen molar-refractivity contribution in [2.75, 3.05) is 5.32 Å². The number of aromatic amines is 1. The maximum absolute atomic E-state index is 12.9. The van der Waals surface area contributed by atoms with E-state index in [1.807, 2.05) is 17.5 Å². The topological polar surface area (TPSA) is 105 Å². The predicted molar refractivity (Wildman–Crippen MR) is 127 cm³/mol. The molecule has 164 valence electrons. The quantitative estimate of drug-likeness (QED) is 0.355. The molecule has 4 aromatic rings. The van der Waals surface area contributed by atoms with Gasteiger partial charge in [0, 0.05) is 39.2 Å². The van der Waals surface area contributed by atoms with Crippen LogP contribution in [0.2, 0.25) is 0 Å². The molecule has 2 heterocycles. The minimum atomic E-state index is -0.468. The average Bonchev–Trinajstić information content (AvgIpc) is 3.50. The first-order chi connectivity index (χ1) is 16.0. The van der Waals surface area contributed by atoms with E-state index in [-0.39, 0.29) is 17.5 Å². The van der Waals surface area contributed by atoms with E-state index in [0.717, 1.165) is 5.82 Å². The van der Waals surface area contributed by atoms with Gasteiger partial charge in [-0.05, 0) is 36.6 Å². The molecule has 1 atom stereocenters. The fourth-order valence-electron chi connectivity index (χ4n) is 3.62. The summed E-state index contributed by atoms with van der Waals surface area (Å²) in [6, 6.07) is 15.6. The number of fused-ring (bicyclic) bond motifs is 2. The van der Waals surface area contributed by atoms with Crippen molar-refractivity contribution in [1.82, 2.24) is 15.2 Å². The largest absolute Gasteiger partial charge is 0.325 e. The summed E-state index contributed by atoms with van der Waals surface area (Å²) in [5.74, 6) is 0.0768. The Labute approximate surface area is 197 Å². The first-order valence-electron chi connectivity index (χ1n) is 10.2. The summed E-state index contributed by atoms with van der Waals surface area (Å²) in [4.78, 5) is 44.0. The minimum Gasteiger partial charge on any atom is -0.325 e. The van der Waals surface area contributed by atoms with Crippen molar-refractivity contribution < 1.29 is 14.4 Å². The SMILES string of the molecule is CC(Sc1n[nH]c(Cc2cccs2)n1)C(=O)Nc1ccc2c(c1)C(=O)c1ccccc1C2=O. The number of benzene rings is 2. The van der Waals surface area contributed by atoms with Gasteiger partial charge in [0.1, 0.15) is 5.82 Å². The lowest BCUT2D eigenvalue weighted by atomic mass is 9.84. The molecule has 1 aliphatic rings. The molecule has 0 saturated carbocycles. The zero-order valence-corrected chi connectivity index (χ0v) is 19.1. The van der Waals surface area contributed by atoms with Crippen molar-refractivity contribution >= 4 is 46.3 Å². The molecule has 0 spiro atoms. The number of nitrogens with zero attached hydrogens (tertiary/aromatic N) is 2. The highest BCUT2D eigenvalue weighted by Crippen LogP contribution is 2.29. The summed E-state index contributed by atoms with van der Waals surface area (Å²) < 4.78 is 0. The summed E-state index contributed by atoms with van der Waals surface area (Å²) in [6.07, 6.45) is 0.663. The number of thiophene rings is 1. The number of hydrogen-bond donors (Lipinski definition) is 2. The van der Waals surface area contributed by atoms with Gasteiger partial charge in [-0.3, -0.25) is 19.5 Å². The van der Waals surface area contributed by atoms with Crippen LogP contribution in [0.5, 0.6) is 0 Å². The van der Waals surface area contributed by atoms with E-state index in [9.17, 15) is 14.4 Å². The average molecular weight is 475 g/mol. The molecule has 0 radical (unpaired) electrons. The molecule has 33 heavy (non-hydrogen) atoms. The zero-order valence-electron chi connectivity index (χ0n) is 17.5. The highest BCUT2D eigenvalue weighted by molar-refractivity contribution is 8.00. The molecular weight excluding hydrogens is 456 g/mol. The molecule has 2 aromatic heterocycles. The van der Waals surface area contributed by atoms with Crippen LogP contribution in [0.1, 0.15) is 49.5 Å². The van der Waals surface area contributed by atoms with E-state index < -0.39 is 5.25 Å². The highest BCUT2D eigenvalue weighted by Gasteiger charge is 2.29. The monoisotopic (exact) mass is 474 g/mol. The smallest absolute Gasteiger partial charge is 0.237 e. The van der Waals surface area contributed by atoms with Crippen LogP contribution in [0.4, 0.5) is 5.69 Å². The van der Waals surface area contributed by atoms with Crippen LogP contribution in [0.25, 0.3) is 0 Å². The van der Waals surface area contributed by atoms with Crippen molar-refractivity contribution in [1.29, 1.82) is 0 Å². The van der Waals surface area contributed by atoms with E-state index in [1.54, 1.807) is 60.7 Å². The number of hydrogen-bond acceptors (Lipinski definition) is 7. The number of carbonyl (C=O) groups excluding carboxylic acids is 3. The Bertz CT molecular complexity index is 1380. The number of nitrogens with one attached hydrogen (secondary N) is 2. The van der Waals surface area contributed by atoms with Crippen LogP contribution in [0.15, 0.2) is 65.1 Å². The number of anilines is 1. The summed E-state index contributed by atoms with van der Waals surface area (Å²) in [7, 11) is 0. The zero-order chi connectivity index (χ0) is 22.9. The molecule has 0 fully saturated rings. The third-order valence-corrected chi connectivity index (χ3v) is 7.11. The van der Waals surface area contributed by atoms with Gasteiger partial charge in [0.2, 0.25) is 11.1 Å². The molecule has 1 aliphatic carbocycles. The molecule has 7 nitrogen and oxygen atoms in total. The predicted octanol–water partition coefficient (Wildman–Crippen LogP) is 4.35. The van der Waals surface area contributed by atoms with Crippen LogP contribution >= 0.6 is 23.1 Å². The Balaban J connectivity index is 1.27. The van der Waals surface area contributed by atoms with Crippen molar-refractivity contribution in [3.63, 3.8) is 0 Å². The lowest BCUT2D eigenvalue weighted by Gasteiger charge is -2.18. The van der Waals surface area contributed by atoms with Crippen molar-refractivity contribution in [2.24, 2.45) is 0 Å². The van der Waals surface area contributed by atoms with Crippen LogP contribution in [0, 0.1) is 0 Å². The Kier molecular flexibility index (Phi) is 5.65. The number of ketones is 2. The van der Waals surface area contributed by atoms with Gasteiger partial charge in [-0.25, -0.2) is 4.98 Å². The fraction of sp³-hybridized carbons (Fsp3) is 0.125. The van der Waals surface area contributed by atoms with Crippen LogP contribution in [-0.2, 0) is 11.2 Å². The van der Waals surface area contributed by atoms with Gasteiger partial charge in [-0.15, -0.1) is 16.4 Å². The summed E-state index contributed by atoms with van der Waals surface area (Å²) in [5.41, 5.74) is 1.88. The minimum absolute atomic E-state index is 0.190. The molecule has 5 rings (SSSR count). The lowest BCUT2D eigenvalue weighted by molar-refractivity contribution is -0.115. The van der Waals surface area contributed by atoms with E-state index >= 15 is 0 Å². The molecule has 0 aliphatic heterocycles. The number of H-pyrrole nitrogens is 1. The van der Waals surface area contributed by atoms with E-state index in [4.69, 9.17) is 0 Å². The maximum atomic E-state index is 12.9. The van der Waals surface area contributed by atoms with Gasteiger partial charge in [0.05, 0.1) is 5.25 Å². The van der Waals surface area contributed by atoms with Crippen molar-refractivity contribution in [3.8, 4) is 0 Å². The second kappa shape index (κ2) is 8.76. The van der Waals surface area contributed by atoms with E-state index in [2.05, 4.69) is 20.5 Å². The molecular formula is C24H18N4O3S2. The van der Waals surface area contributed by atoms with Gasteiger partial charge in [0.25, 0.3) is 0 Å². The highest BCUT2D eigenvalue weighted by atomic mass is 32.2. The van der Waals surface area contributed by atoms with Gasteiger partial charge in [-0.1, -0.05) is 42.1 Å². The lowest BCUT2D eigenvalue weighted by Crippen LogP contribution is -2.24. The number of thioether (sulfide) groups is 1. The van der Waals surface area contributed by atoms with Crippen LogP contribution in [-0.4, -0.2) is 37.9 Å². The summed E-state index contributed by atoms with van der Waals surface area (Å²) >= 11 is 2.89. The second-order valence-electron chi connectivity index (χ2n) is 7.53. The first kappa shape index (κ1) is 21.3. The normalized spacial score (nSPS) is 13.4. The van der Waals surface area contributed by atoms with Crippen molar-refractivity contribution in [3.05, 3.63) is 92.9 Å². The van der Waals surface area contributed by atoms with Crippen LogP contribution < -0.4 is 5.32 Å². The second-order valence-corrected chi connectivity index (χ2v) is 9.87. The number of aromatic nitrogens is 3. The number of carbonyl (C=O) groups is 3. The molecule has 1 amide bonds. The van der Waals surface area contributed by atoms with Gasteiger partial charge >= 0.3 is 0 Å². The van der Waals surface area contributed by atoms with E-state index in [1.165, 1.54) is 16.6 Å². The maximum Gasteiger partial charge on any atom is 0.237 e. The Morgan fingerprint density at radius 2 is 1.76 bits per heavy atom. The summed E-state index contributed by atoms with van der Waals surface area (Å²) in [5, 5.41) is 12.0. The third kappa shape index (κ3) is 4.24. The van der Waals surface area contributed by atoms with Gasteiger partial charge in [-0.2, -0.15) is 0 Å². The Hall–Kier alpha value is -3.56. The standard InChI is InChI=1S/C24H18N4O3S2/c1-13(33-24-26-20(27-28-24)12-15-5-4-10-32-15)23(31)25-14-8-9-18-19(11-14)22(30)17-7-3-2-6-16(17)21(18)29/h2-11,13H,12H2,1H3,(H,25,31)(H,26,27,28). The molecule has 1 unspecified atom stereocenters. The van der Waals surface area contributed by atoms with Crippen molar-refractivity contribution in [2.45, 2.75) is 23.8 Å². The van der Waals surface area contributed by atoms with Gasteiger partial charge < -0.3 is 5.32 Å². The molecule has 9 heteroatoms. The van der Waals surface area contributed by atoms with Crippen LogP contribution in [0.3, 0.4) is 0 Å². The van der Waals surface area contributed by atoms with E-state index in [0.29, 0.717) is 39.5 Å². The summed E-state index contributed by atoms with van der Waals surface area (Å²) in [6.45, 7) is 1.76. The number of rotatable bonds is 6. The van der Waals surface area contributed by atoms with Gasteiger partial charge in [0.15, 0.2) is 11.6 Å². The molecule has 2 aromatic carbocycles. The Morgan fingerprint density at radius 3 is 2.48 bits per heavy atom. The molecule has 0 saturated heterocycles. The third-order valence-electron chi connectivity index (χ3n) is 5.28. The molecule has 2 N–H and O–H groups in total. The Morgan fingerprint density at radius 1 is 1.03 bits per heavy atom. The fourth-order valence-corrected chi connectivity index (χ4v) is 5.07.